The molecule has 2 N–H and O–H groups in total. The largest absolute Gasteiger partial charge is 0.481 e. The first-order valence-electron chi connectivity index (χ1n) is 5.34. The van der Waals surface area contributed by atoms with Gasteiger partial charge in [0.05, 0.1) is 5.69 Å². The topological polar surface area (TPSA) is 79.3 Å². The summed E-state index contributed by atoms with van der Waals surface area (Å²) in [6.07, 6.45) is 3.11. The second-order valence-electron chi connectivity index (χ2n) is 3.96. The molecule has 0 radical (unpaired) electrons. The van der Waals surface area contributed by atoms with E-state index < -0.39 is 22.7 Å². The van der Waals surface area contributed by atoms with Crippen molar-refractivity contribution in [2.75, 3.05) is 23.9 Å². The maximum Gasteiger partial charge on any atom is 0.312 e. The lowest BCUT2D eigenvalue weighted by atomic mass is 10.1. The molecule has 1 aromatic heterocycles. The van der Waals surface area contributed by atoms with E-state index in [0.717, 1.165) is 16.4 Å². The van der Waals surface area contributed by atoms with E-state index in [1.165, 1.54) is 11.3 Å². The van der Waals surface area contributed by atoms with Crippen LogP contribution < -0.4 is 5.32 Å². The summed E-state index contributed by atoms with van der Waals surface area (Å²) in [7, 11) is -0.820. The van der Waals surface area contributed by atoms with Gasteiger partial charge in [0.15, 0.2) is 5.13 Å². The van der Waals surface area contributed by atoms with Crippen molar-refractivity contribution in [1.29, 1.82) is 0 Å². The molecule has 0 aromatic carbocycles. The zero-order valence-electron chi connectivity index (χ0n) is 9.43. The van der Waals surface area contributed by atoms with Crippen molar-refractivity contribution in [2.45, 2.75) is 18.8 Å². The molecule has 0 aliphatic heterocycles. The molecule has 17 heavy (non-hydrogen) atoms. The van der Waals surface area contributed by atoms with Gasteiger partial charge >= 0.3 is 5.97 Å². The van der Waals surface area contributed by atoms with E-state index in [4.69, 9.17) is 5.11 Å². The summed E-state index contributed by atoms with van der Waals surface area (Å²) in [6, 6.07) is 0. The molecule has 1 aliphatic carbocycles. The third-order valence-electron chi connectivity index (χ3n) is 2.68. The monoisotopic (exact) mass is 274 g/mol. The van der Waals surface area contributed by atoms with Crippen molar-refractivity contribution >= 4 is 33.2 Å². The number of rotatable bonds is 5. The zero-order chi connectivity index (χ0) is 12.4. The molecule has 0 saturated heterocycles. The number of hydrogen-bond donors (Lipinski definition) is 2. The number of hydrogen-bond acceptors (Lipinski definition) is 5. The molecule has 2 atom stereocenters. The molecule has 1 heterocycles. The maximum atomic E-state index is 11.0. The maximum absolute atomic E-state index is 11.0. The summed E-state index contributed by atoms with van der Waals surface area (Å²) in [6.45, 7) is 0.604. The molecule has 2 rings (SSSR count). The Hall–Kier alpha value is -0.950. The number of carbonyl (C=O) groups is 1. The Bertz CT molecular complexity index is 458. The van der Waals surface area contributed by atoms with Gasteiger partial charge in [-0.05, 0) is 12.8 Å². The van der Waals surface area contributed by atoms with Gasteiger partial charge < -0.3 is 10.4 Å². The Balaban J connectivity index is 2.01. The molecular weight excluding hydrogens is 260 g/mol. The molecule has 1 aliphatic rings. The number of aryl methyl sites for hydroxylation is 1. The van der Waals surface area contributed by atoms with Crippen molar-refractivity contribution in [3.05, 3.63) is 10.6 Å². The highest BCUT2D eigenvalue weighted by Gasteiger charge is 2.32. The SMILES string of the molecule is CS(=O)CCNc1nc2c(s1)CCC2C(=O)O. The minimum atomic E-state index is -0.820. The molecule has 5 nitrogen and oxygen atoms in total. The predicted octanol–water partition coefficient (Wildman–Crippen LogP) is 1.05. The van der Waals surface area contributed by atoms with Crippen LogP contribution in [-0.4, -0.2) is 38.8 Å². The Morgan fingerprint density at radius 3 is 3.12 bits per heavy atom. The van der Waals surface area contributed by atoms with Gasteiger partial charge in [0.25, 0.3) is 0 Å². The van der Waals surface area contributed by atoms with Gasteiger partial charge in [0.2, 0.25) is 0 Å². The molecule has 0 fully saturated rings. The molecule has 94 valence electrons. The first-order chi connectivity index (χ1) is 8.08. The summed E-state index contributed by atoms with van der Waals surface area (Å²) >= 11 is 1.51. The quantitative estimate of drug-likeness (QED) is 0.839. The Morgan fingerprint density at radius 1 is 1.71 bits per heavy atom. The highest BCUT2D eigenvalue weighted by molar-refractivity contribution is 7.84. The average Bonchev–Trinajstić information content (AvgIpc) is 2.75. The third-order valence-corrected chi connectivity index (χ3v) is 4.55. The van der Waals surface area contributed by atoms with Crippen LogP contribution in [0.25, 0.3) is 0 Å². The summed E-state index contributed by atoms with van der Waals surface area (Å²) in [4.78, 5) is 16.4. The number of thiazole rings is 1. The van der Waals surface area contributed by atoms with Crippen LogP contribution in [0.2, 0.25) is 0 Å². The highest BCUT2D eigenvalue weighted by Crippen LogP contribution is 2.38. The number of carboxylic acid groups (broad SMARTS) is 1. The van der Waals surface area contributed by atoms with Crippen molar-refractivity contribution in [1.82, 2.24) is 4.98 Å². The summed E-state index contributed by atoms with van der Waals surface area (Å²) < 4.78 is 10.9. The lowest BCUT2D eigenvalue weighted by molar-refractivity contribution is -0.138. The molecule has 0 spiro atoms. The van der Waals surface area contributed by atoms with Crippen molar-refractivity contribution in [3.63, 3.8) is 0 Å². The number of fused-ring (bicyclic) bond motifs is 1. The zero-order valence-corrected chi connectivity index (χ0v) is 11.1. The van der Waals surface area contributed by atoms with E-state index in [-0.39, 0.29) is 0 Å². The van der Waals surface area contributed by atoms with Gasteiger partial charge in [-0.25, -0.2) is 4.98 Å². The van der Waals surface area contributed by atoms with Crippen LogP contribution >= 0.6 is 11.3 Å². The van der Waals surface area contributed by atoms with Gasteiger partial charge in [-0.2, -0.15) is 0 Å². The van der Waals surface area contributed by atoms with Crippen molar-refractivity contribution in [3.8, 4) is 0 Å². The summed E-state index contributed by atoms with van der Waals surface area (Å²) in [5.74, 6) is -0.667. The van der Waals surface area contributed by atoms with Gasteiger partial charge in [-0.3, -0.25) is 9.00 Å². The predicted molar refractivity (Wildman–Crippen MR) is 68.2 cm³/mol. The lowest BCUT2D eigenvalue weighted by Crippen LogP contribution is -2.11. The number of anilines is 1. The fourth-order valence-electron chi connectivity index (χ4n) is 1.84. The number of nitrogens with one attached hydrogen (secondary N) is 1. The molecular formula is C10H14N2O3S2. The van der Waals surface area contributed by atoms with E-state index in [0.29, 0.717) is 24.4 Å². The fourth-order valence-corrected chi connectivity index (χ4v) is 3.30. The second-order valence-corrected chi connectivity index (χ2v) is 6.60. The first-order valence-corrected chi connectivity index (χ1v) is 7.88. The first kappa shape index (κ1) is 12.5. The van der Waals surface area contributed by atoms with E-state index >= 15 is 0 Å². The van der Waals surface area contributed by atoms with Crippen LogP contribution in [0, 0.1) is 0 Å². The van der Waals surface area contributed by atoms with Gasteiger partial charge in [0.1, 0.15) is 5.92 Å². The summed E-state index contributed by atoms with van der Waals surface area (Å²) in [5, 5.41) is 12.9. The fraction of sp³-hybridized carbons (Fsp3) is 0.600. The molecule has 7 heteroatoms. The minimum Gasteiger partial charge on any atom is -0.481 e. The molecule has 0 bridgehead atoms. The average molecular weight is 274 g/mol. The van der Waals surface area contributed by atoms with Crippen LogP contribution in [0.1, 0.15) is 22.9 Å². The highest BCUT2D eigenvalue weighted by atomic mass is 32.2. The standard InChI is InChI=1S/C10H14N2O3S2/c1-17(15)5-4-11-10-12-8-6(9(13)14)2-3-7(8)16-10/h6H,2-5H2,1H3,(H,11,12)(H,13,14). The van der Waals surface area contributed by atoms with Crippen LogP contribution in [0.4, 0.5) is 5.13 Å². The van der Waals surface area contributed by atoms with E-state index in [9.17, 15) is 9.00 Å². The number of aromatic nitrogens is 1. The number of aliphatic carboxylic acids is 1. The summed E-state index contributed by atoms with van der Waals surface area (Å²) in [5.41, 5.74) is 0.711. The lowest BCUT2D eigenvalue weighted by Gasteiger charge is -2.02. The Labute approximate surface area is 106 Å². The minimum absolute atomic E-state index is 0.447. The van der Waals surface area contributed by atoms with Gasteiger partial charge in [0, 0.05) is 34.2 Å². The van der Waals surface area contributed by atoms with Gasteiger partial charge in [-0.15, -0.1) is 11.3 Å². The molecule has 2 unspecified atom stereocenters. The van der Waals surface area contributed by atoms with Crippen LogP contribution in [0.5, 0.6) is 0 Å². The van der Waals surface area contributed by atoms with Crippen LogP contribution in [0.15, 0.2) is 0 Å². The Morgan fingerprint density at radius 2 is 2.47 bits per heavy atom. The number of nitrogens with zero attached hydrogens (tertiary/aromatic N) is 1. The normalized spacial score (nSPS) is 19.9. The Kier molecular flexibility index (Phi) is 3.78. The van der Waals surface area contributed by atoms with E-state index in [2.05, 4.69) is 10.3 Å². The van der Waals surface area contributed by atoms with E-state index in [1.807, 2.05) is 0 Å². The van der Waals surface area contributed by atoms with Crippen molar-refractivity contribution in [2.24, 2.45) is 0 Å². The molecule has 0 amide bonds. The smallest absolute Gasteiger partial charge is 0.312 e. The van der Waals surface area contributed by atoms with E-state index in [1.54, 1.807) is 6.26 Å². The van der Waals surface area contributed by atoms with Crippen molar-refractivity contribution < 1.29 is 14.1 Å². The second kappa shape index (κ2) is 5.14. The van der Waals surface area contributed by atoms with Crippen LogP contribution in [-0.2, 0) is 22.0 Å². The number of carboxylic acids is 1. The third kappa shape index (κ3) is 2.84. The molecule has 1 aromatic rings. The van der Waals surface area contributed by atoms with Gasteiger partial charge in [-0.1, -0.05) is 0 Å². The van der Waals surface area contributed by atoms with Crippen LogP contribution in [0.3, 0.4) is 0 Å². The molecule has 0 saturated carbocycles.